The van der Waals surface area contributed by atoms with E-state index >= 15 is 0 Å². The van der Waals surface area contributed by atoms with Crippen LogP contribution in [-0.2, 0) is 4.79 Å². The van der Waals surface area contributed by atoms with E-state index in [1.807, 2.05) is 0 Å². The molecule has 0 bridgehead atoms. The number of nitrogens with zero attached hydrogens (tertiary/aromatic N) is 3. The predicted octanol–water partition coefficient (Wildman–Crippen LogP) is 3.01. The summed E-state index contributed by atoms with van der Waals surface area (Å²) < 4.78 is 11.7. The topological polar surface area (TPSA) is 124 Å². The zero-order chi connectivity index (χ0) is 22.0. The number of hydrogen-bond donors (Lipinski definition) is 1. The number of amides is 2. The molecular weight excluding hydrogens is 472 g/mol. The van der Waals surface area contributed by atoms with Crippen molar-refractivity contribution in [3.05, 3.63) is 50.6 Å². The van der Waals surface area contributed by atoms with E-state index in [4.69, 9.17) is 9.47 Å². The molecule has 1 aromatic heterocycles. The lowest BCUT2D eigenvalue weighted by Crippen LogP contribution is -2.41. The number of carbonyl (C=O) groups is 2. The Kier molecular flexibility index (Phi) is 6.03. The van der Waals surface area contributed by atoms with Crippen molar-refractivity contribution in [2.45, 2.75) is 12.8 Å². The van der Waals surface area contributed by atoms with Gasteiger partial charge in [-0.15, -0.1) is 0 Å². The third-order valence-corrected chi connectivity index (χ3v) is 5.69. The van der Waals surface area contributed by atoms with Crippen LogP contribution in [0.5, 0.6) is 11.5 Å². The zero-order valence-corrected chi connectivity index (χ0v) is 18.0. The monoisotopic (exact) mass is 490 g/mol. The molecule has 1 fully saturated rings. The number of likely N-dealkylation sites (tertiary alicyclic amines) is 1. The first-order chi connectivity index (χ1) is 14.9. The summed E-state index contributed by atoms with van der Waals surface area (Å²) in [7, 11) is 0. The standard InChI is InChI=1S/C20H19BrN4O6/c21-13-1-2-18(22-11-13)23-19(26)12-3-5-24(6-4-12)20(27)14-9-16-17(31-8-7-30-16)10-15(14)25(28)29/h1-2,9-12H,3-8H2,(H,22,23,26). The Hall–Kier alpha value is -3.21. The fraction of sp³-hybridized carbons (Fsp3) is 0.350. The molecule has 0 aliphatic carbocycles. The third-order valence-electron chi connectivity index (χ3n) is 5.22. The van der Waals surface area contributed by atoms with E-state index in [2.05, 4.69) is 26.2 Å². The minimum atomic E-state index is -0.600. The molecule has 2 aromatic rings. The highest BCUT2D eigenvalue weighted by Gasteiger charge is 2.32. The molecule has 3 heterocycles. The minimum absolute atomic E-state index is 0.0452. The second-order valence-corrected chi connectivity index (χ2v) is 8.10. The summed E-state index contributed by atoms with van der Waals surface area (Å²) in [5.41, 5.74) is -0.369. The van der Waals surface area contributed by atoms with Gasteiger partial charge in [-0.25, -0.2) is 4.98 Å². The first-order valence-corrected chi connectivity index (χ1v) is 10.5. The number of nitrogens with one attached hydrogen (secondary N) is 1. The van der Waals surface area contributed by atoms with Gasteiger partial charge in [-0.05, 0) is 40.9 Å². The number of anilines is 1. The number of pyridine rings is 1. The zero-order valence-electron chi connectivity index (χ0n) is 16.4. The Morgan fingerprint density at radius 1 is 1.16 bits per heavy atom. The molecule has 10 nitrogen and oxygen atoms in total. The van der Waals surface area contributed by atoms with Crippen molar-refractivity contribution in [1.29, 1.82) is 0 Å². The Bertz CT molecular complexity index is 1020. The summed E-state index contributed by atoms with van der Waals surface area (Å²) in [4.78, 5) is 42.1. The molecule has 1 saturated heterocycles. The number of halogens is 1. The van der Waals surface area contributed by atoms with Crippen molar-refractivity contribution in [3.63, 3.8) is 0 Å². The predicted molar refractivity (Wildman–Crippen MR) is 113 cm³/mol. The molecule has 2 aliphatic rings. The van der Waals surface area contributed by atoms with Crippen molar-refractivity contribution < 1.29 is 24.0 Å². The van der Waals surface area contributed by atoms with Crippen molar-refractivity contribution in [2.24, 2.45) is 5.92 Å². The number of hydrogen-bond acceptors (Lipinski definition) is 7. The Balaban J connectivity index is 1.43. The Morgan fingerprint density at radius 3 is 2.45 bits per heavy atom. The molecule has 0 saturated carbocycles. The van der Waals surface area contributed by atoms with Crippen LogP contribution in [0.15, 0.2) is 34.9 Å². The van der Waals surface area contributed by atoms with Gasteiger partial charge >= 0.3 is 0 Å². The lowest BCUT2D eigenvalue weighted by Gasteiger charge is -2.31. The molecule has 31 heavy (non-hydrogen) atoms. The first kappa shape index (κ1) is 21.0. The molecule has 2 aliphatic heterocycles. The van der Waals surface area contributed by atoms with Gasteiger partial charge in [0, 0.05) is 35.7 Å². The van der Waals surface area contributed by atoms with E-state index in [1.54, 1.807) is 18.3 Å². The van der Waals surface area contributed by atoms with Crippen molar-refractivity contribution >= 4 is 39.2 Å². The molecule has 1 aromatic carbocycles. The Morgan fingerprint density at radius 2 is 1.84 bits per heavy atom. The Labute approximate surface area is 185 Å². The van der Waals surface area contributed by atoms with Gasteiger partial charge < -0.3 is 19.7 Å². The number of aromatic nitrogens is 1. The number of nitro benzene ring substituents is 1. The molecule has 0 radical (unpaired) electrons. The quantitative estimate of drug-likeness (QED) is 0.515. The molecule has 11 heteroatoms. The molecule has 0 unspecified atom stereocenters. The van der Waals surface area contributed by atoms with Gasteiger partial charge in [0.15, 0.2) is 11.5 Å². The second kappa shape index (κ2) is 8.88. The maximum atomic E-state index is 13.0. The van der Waals surface area contributed by atoms with Crippen LogP contribution in [0.25, 0.3) is 0 Å². The molecular formula is C20H19BrN4O6. The van der Waals surface area contributed by atoms with E-state index in [-0.39, 0.29) is 28.8 Å². The van der Waals surface area contributed by atoms with Crippen molar-refractivity contribution in [3.8, 4) is 11.5 Å². The summed E-state index contributed by atoms with van der Waals surface area (Å²) in [6.45, 7) is 1.24. The van der Waals surface area contributed by atoms with E-state index in [1.165, 1.54) is 17.0 Å². The number of ether oxygens (including phenoxy) is 2. The van der Waals surface area contributed by atoms with Crippen LogP contribution in [0.3, 0.4) is 0 Å². The van der Waals surface area contributed by atoms with Gasteiger partial charge in [0.05, 0.1) is 11.0 Å². The van der Waals surface area contributed by atoms with Gasteiger partial charge in [-0.3, -0.25) is 19.7 Å². The van der Waals surface area contributed by atoms with Crippen LogP contribution >= 0.6 is 15.9 Å². The summed E-state index contributed by atoms with van der Waals surface area (Å²) in [6, 6.07) is 6.08. The van der Waals surface area contributed by atoms with Crippen LogP contribution in [0.1, 0.15) is 23.2 Å². The lowest BCUT2D eigenvalue weighted by atomic mass is 9.95. The average molecular weight is 491 g/mol. The van der Waals surface area contributed by atoms with Gasteiger partial charge in [0.2, 0.25) is 5.91 Å². The van der Waals surface area contributed by atoms with Gasteiger partial charge in [0.25, 0.3) is 11.6 Å². The number of fused-ring (bicyclic) bond motifs is 1. The summed E-state index contributed by atoms with van der Waals surface area (Å²) in [5.74, 6) is 0.135. The summed E-state index contributed by atoms with van der Waals surface area (Å²) in [6.07, 6.45) is 2.50. The van der Waals surface area contributed by atoms with Gasteiger partial charge in [-0.1, -0.05) is 0 Å². The molecule has 2 amide bonds. The lowest BCUT2D eigenvalue weighted by molar-refractivity contribution is -0.385. The molecule has 162 valence electrons. The number of carbonyl (C=O) groups excluding carboxylic acids is 2. The number of nitro groups is 1. The molecule has 1 N–H and O–H groups in total. The van der Waals surface area contributed by atoms with Gasteiger partial charge in [-0.2, -0.15) is 0 Å². The normalized spacial score (nSPS) is 16.0. The van der Waals surface area contributed by atoms with Crippen molar-refractivity contribution in [1.82, 2.24) is 9.88 Å². The fourth-order valence-corrected chi connectivity index (χ4v) is 3.83. The van der Waals surface area contributed by atoms with E-state index < -0.39 is 10.8 Å². The van der Waals surface area contributed by atoms with E-state index in [0.29, 0.717) is 50.7 Å². The SMILES string of the molecule is O=C(Nc1ccc(Br)cn1)C1CCN(C(=O)c2cc3c(cc2[N+](=O)[O-])OCCO3)CC1. The summed E-state index contributed by atoms with van der Waals surface area (Å²) in [5, 5.41) is 14.3. The van der Waals surface area contributed by atoms with Crippen molar-refractivity contribution in [2.75, 3.05) is 31.6 Å². The number of piperidine rings is 1. The number of benzene rings is 1. The van der Waals surface area contributed by atoms with E-state index in [0.717, 1.165) is 4.47 Å². The maximum Gasteiger partial charge on any atom is 0.286 e. The maximum absolute atomic E-state index is 13.0. The van der Waals surface area contributed by atoms with Crippen LogP contribution < -0.4 is 14.8 Å². The largest absolute Gasteiger partial charge is 0.486 e. The molecule has 4 rings (SSSR count). The number of rotatable bonds is 4. The van der Waals surface area contributed by atoms with Crippen LogP contribution in [-0.4, -0.2) is 52.9 Å². The highest BCUT2D eigenvalue weighted by molar-refractivity contribution is 9.10. The smallest absolute Gasteiger partial charge is 0.286 e. The highest BCUT2D eigenvalue weighted by atomic mass is 79.9. The molecule has 0 spiro atoms. The fourth-order valence-electron chi connectivity index (χ4n) is 3.59. The minimum Gasteiger partial charge on any atom is -0.486 e. The first-order valence-electron chi connectivity index (χ1n) is 9.72. The second-order valence-electron chi connectivity index (χ2n) is 7.19. The molecule has 0 atom stereocenters. The van der Waals surface area contributed by atoms with Crippen LogP contribution in [0.4, 0.5) is 11.5 Å². The van der Waals surface area contributed by atoms with Crippen LogP contribution in [0, 0.1) is 16.0 Å². The van der Waals surface area contributed by atoms with Gasteiger partial charge in [0.1, 0.15) is 24.6 Å². The van der Waals surface area contributed by atoms with E-state index in [9.17, 15) is 19.7 Å². The van der Waals surface area contributed by atoms with Crippen LogP contribution in [0.2, 0.25) is 0 Å². The average Bonchev–Trinajstić information content (AvgIpc) is 2.79. The highest BCUT2D eigenvalue weighted by Crippen LogP contribution is 2.37. The summed E-state index contributed by atoms with van der Waals surface area (Å²) >= 11 is 3.29. The third kappa shape index (κ3) is 4.61.